The number of amides is 2. The Morgan fingerprint density at radius 2 is 0.971 bits per heavy atom. The molecule has 2 amide bonds. The highest BCUT2D eigenvalue weighted by Crippen LogP contribution is 2.23. The summed E-state index contributed by atoms with van der Waals surface area (Å²) < 4.78 is 10.1. The molecule has 2 aromatic carbocycles. The van der Waals surface area contributed by atoms with Gasteiger partial charge in [-0.2, -0.15) is 0 Å². The van der Waals surface area contributed by atoms with Gasteiger partial charge in [-0.05, 0) is 84.1 Å². The minimum atomic E-state index is -0.423. The Morgan fingerprint density at radius 1 is 0.588 bits per heavy atom. The number of thiocarbonyl (C=S) groups is 2. The van der Waals surface area contributed by atoms with Gasteiger partial charge in [-0.15, -0.1) is 0 Å². The highest BCUT2D eigenvalue weighted by atomic mass is 32.1. The predicted octanol–water partition coefficient (Wildman–Crippen LogP) is 4.79. The molecule has 0 bridgehead atoms. The lowest BCUT2D eigenvalue weighted by molar-refractivity contribution is 0.0943. The maximum absolute atomic E-state index is 12.0. The van der Waals surface area contributed by atoms with Crippen molar-refractivity contribution in [2.45, 2.75) is 0 Å². The Balaban J connectivity index is 1.30. The molecule has 0 atom stereocenters. The van der Waals surface area contributed by atoms with Crippen LogP contribution in [0, 0.1) is 0 Å². The summed E-state index contributed by atoms with van der Waals surface area (Å²) in [7, 11) is 0. The highest BCUT2D eigenvalue weighted by molar-refractivity contribution is 7.80. The van der Waals surface area contributed by atoms with Crippen molar-refractivity contribution in [2.75, 3.05) is 10.6 Å². The quantitative estimate of drug-likeness (QED) is 0.296. The van der Waals surface area contributed by atoms with Crippen LogP contribution in [0.4, 0.5) is 11.4 Å². The number of carbonyl (C=O) groups excluding carboxylic acids is 2. The zero-order chi connectivity index (χ0) is 23.9. The fourth-order valence-corrected chi connectivity index (χ4v) is 3.38. The first-order valence-corrected chi connectivity index (χ1v) is 10.8. The first-order valence-electron chi connectivity index (χ1n) is 10.00. The number of hydrogen-bond donors (Lipinski definition) is 4. The molecule has 4 rings (SSSR count). The molecule has 170 valence electrons. The summed E-state index contributed by atoms with van der Waals surface area (Å²) >= 11 is 10.4. The van der Waals surface area contributed by atoms with E-state index in [0.717, 1.165) is 22.5 Å². The summed E-state index contributed by atoms with van der Waals surface area (Å²) in [4.78, 5) is 24.0. The molecular formula is C24H18N4O4S2. The first-order chi connectivity index (χ1) is 16.5. The summed E-state index contributed by atoms with van der Waals surface area (Å²) in [6.07, 6.45) is 2.84. The monoisotopic (exact) mass is 490 g/mol. The van der Waals surface area contributed by atoms with Gasteiger partial charge in [0.05, 0.1) is 12.5 Å². The molecule has 4 N–H and O–H groups in total. The molecule has 0 fully saturated rings. The average Bonchev–Trinajstić information content (AvgIpc) is 3.55. The largest absolute Gasteiger partial charge is 0.459 e. The molecule has 0 aliphatic heterocycles. The number of nitrogens with one attached hydrogen (secondary N) is 4. The Morgan fingerprint density at radius 3 is 1.29 bits per heavy atom. The number of hydrogen-bond acceptors (Lipinski definition) is 6. The molecule has 10 heteroatoms. The van der Waals surface area contributed by atoms with Gasteiger partial charge in [0.2, 0.25) is 0 Å². The second-order valence-electron chi connectivity index (χ2n) is 6.93. The molecule has 4 aromatic rings. The molecule has 0 aliphatic carbocycles. The van der Waals surface area contributed by atoms with Gasteiger partial charge in [-0.3, -0.25) is 20.2 Å². The van der Waals surface area contributed by atoms with Crippen LogP contribution in [-0.4, -0.2) is 22.0 Å². The third-order valence-electron chi connectivity index (χ3n) is 4.56. The highest BCUT2D eigenvalue weighted by Gasteiger charge is 2.11. The lowest BCUT2D eigenvalue weighted by Gasteiger charge is -2.11. The van der Waals surface area contributed by atoms with E-state index in [1.807, 2.05) is 48.5 Å². The van der Waals surface area contributed by atoms with E-state index in [9.17, 15) is 9.59 Å². The van der Waals surface area contributed by atoms with Crippen LogP contribution in [0.2, 0.25) is 0 Å². The van der Waals surface area contributed by atoms with Gasteiger partial charge in [0.1, 0.15) is 0 Å². The van der Waals surface area contributed by atoms with Gasteiger partial charge < -0.3 is 19.5 Å². The van der Waals surface area contributed by atoms with E-state index < -0.39 is 11.8 Å². The summed E-state index contributed by atoms with van der Waals surface area (Å²) in [5, 5.41) is 11.4. The molecular weight excluding hydrogens is 472 g/mol. The molecule has 0 radical (unpaired) electrons. The number of furan rings is 2. The third kappa shape index (κ3) is 5.94. The van der Waals surface area contributed by atoms with Crippen molar-refractivity contribution in [3.8, 4) is 11.1 Å². The smallest absolute Gasteiger partial charge is 0.293 e. The third-order valence-corrected chi connectivity index (χ3v) is 4.97. The molecule has 0 saturated carbocycles. The van der Waals surface area contributed by atoms with Crippen molar-refractivity contribution in [1.29, 1.82) is 0 Å². The van der Waals surface area contributed by atoms with Crippen LogP contribution in [0.3, 0.4) is 0 Å². The van der Waals surface area contributed by atoms with Gasteiger partial charge in [-0.1, -0.05) is 24.3 Å². The van der Waals surface area contributed by atoms with E-state index in [4.69, 9.17) is 33.3 Å². The van der Waals surface area contributed by atoms with E-state index in [2.05, 4.69) is 21.3 Å². The van der Waals surface area contributed by atoms with Gasteiger partial charge in [0.15, 0.2) is 21.7 Å². The summed E-state index contributed by atoms with van der Waals surface area (Å²) in [6, 6.07) is 21.5. The topological polar surface area (TPSA) is 109 Å². The van der Waals surface area contributed by atoms with E-state index >= 15 is 0 Å². The van der Waals surface area contributed by atoms with E-state index in [1.165, 1.54) is 12.5 Å². The predicted molar refractivity (Wildman–Crippen MR) is 137 cm³/mol. The fourth-order valence-electron chi connectivity index (χ4n) is 2.96. The normalized spacial score (nSPS) is 10.2. The standard InChI is InChI=1S/C24H18N4O4S2/c29-21(19-3-1-13-31-19)27-23(33)25-17-9-5-15(6-10-17)16-7-11-18(12-8-16)26-24(34)28-22(30)20-4-2-14-32-20/h1-14H,(H2,25,27,29,33)(H2,26,28,30,34). The lowest BCUT2D eigenvalue weighted by atomic mass is 10.1. The van der Waals surface area contributed by atoms with Crippen molar-refractivity contribution in [3.05, 3.63) is 96.8 Å². The minimum Gasteiger partial charge on any atom is -0.459 e. The van der Waals surface area contributed by atoms with Crippen LogP contribution in [0.1, 0.15) is 21.1 Å². The molecule has 2 aromatic heterocycles. The van der Waals surface area contributed by atoms with Crippen molar-refractivity contribution in [2.24, 2.45) is 0 Å². The Bertz CT molecular complexity index is 1200. The van der Waals surface area contributed by atoms with E-state index in [1.54, 1.807) is 24.3 Å². The molecule has 2 heterocycles. The number of anilines is 2. The molecule has 0 saturated heterocycles. The van der Waals surface area contributed by atoms with Crippen molar-refractivity contribution >= 4 is 57.8 Å². The number of carbonyl (C=O) groups is 2. The zero-order valence-electron chi connectivity index (χ0n) is 17.5. The van der Waals surface area contributed by atoms with Crippen molar-refractivity contribution in [3.63, 3.8) is 0 Å². The van der Waals surface area contributed by atoms with Gasteiger partial charge in [0, 0.05) is 11.4 Å². The van der Waals surface area contributed by atoms with Crippen LogP contribution in [0.5, 0.6) is 0 Å². The molecule has 8 nitrogen and oxygen atoms in total. The average molecular weight is 491 g/mol. The second-order valence-corrected chi connectivity index (χ2v) is 7.74. The lowest BCUT2D eigenvalue weighted by Crippen LogP contribution is -2.33. The SMILES string of the molecule is O=C(NC(=S)Nc1ccc(-c2ccc(NC(=S)NC(=O)c3ccco3)cc2)cc1)c1ccco1. The summed E-state index contributed by atoms with van der Waals surface area (Å²) in [5.74, 6) is -0.489. The first kappa shape index (κ1) is 22.9. The minimum absolute atomic E-state index is 0.166. The van der Waals surface area contributed by atoms with Crippen molar-refractivity contribution in [1.82, 2.24) is 10.6 Å². The maximum Gasteiger partial charge on any atom is 0.293 e. The van der Waals surface area contributed by atoms with Crippen LogP contribution < -0.4 is 21.3 Å². The molecule has 0 spiro atoms. The van der Waals surface area contributed by atoms with Crippen LogP contribution in [-0.2, 0) is 0 Å². The van der Waals surface area contributed by atoms with Gasteiger partial charge in [0.25, 0.3) is 11.8 Å². The second kappa shape index (κ2) is 10.6. The molecule has 34 heavy (non-hydrogen) atoms. The molecule has 0 aliphatic rings. The maximum atomic E-state index is 12.0. The van der Waals surface area contributed by atoms with Gasteiger partial charge >= 0.3 is 0 Å². The molecule has 0 unspecified atom stereocenters. The van der Waals surface area contributed by atoms with E-state index in [0.29, 0.717) is 0 Å². The number of rotatable bonds is 5. The Labute approximate surface area is 205 Å². The Kier molecular flexibility index (Phi) is 7.11. The van der Waals surface area contributed by atoms with Gasteiger partial charge in [-0.25, -0.2) is 0 Å². The number of benzene rings is 2. The van der Waals surface area contributed by atoms with Crippen LogP contribution >= 0.6 is 24.4 Å². The summed E-state index contributed by atoms with van der Waals surface area (Å²) in [6.45, 7) is 0. The Hall–Kier alpha value is -4.28. The van der Waals surface area contributed by atoms with Crippen molar-refractivity contribution < 1.29 is 18.4 Å². The summed E-state index contributed by atoms with van der Waals surface area (Å²) in [5.41, 5.74) is 3.42. The van der Waals surface area contributed by atoms with Crippen LogP contribution in [0.15, 0.2) is 94.2 Å². The van der Waals surface area contributed by atoms with Crippen LogP contribution in [0.25, 0.3) is 11.1 Å². The fraction of sp³-hybridized carbons (Fsp3) is 0. The zero-order valence-corrected chi connectivity index (χ0v) is 19.2. The van der Waals surface area contributed by atoms with E-state index in [-0.39, 0.29) is 21.7 Å².